The fourth-order valence-corrected chi connectivity index (χ4v) is 6.23. The van der Waals surface area contributed by atoms with Gasteiger partial charge in [0, 0.05) is 43.4 Å². The summed E-state index contributed by atoms with van der Waals surface area (Å²) in [6.07, 6.45) is 2.18. The highest BCUT2D eigenvalue weighted by molar-refractivity contribution is 5.42. The maximum Gasteiger partial charge on any atom is 0.416 e. The summed E-state index contributed by atoms with van der Waals surface area (Å²) in [7, 11) is 0. The molecule has 190 valence electrons. The van der Waals surface area contributed by atoms with Gasteiger partial charge in [-0.25, -0.2) is 14.6 Å². The van der Waals surface area contributed by atoms with E-state index in [1.54, 1.807) is 12.4 Å². The van der Waals surface area contributed by atoms with Crippen LogP contribution in [0.2, 0.25) is 0 Å². The lowest BCUT2D eigenvalue weighted by Gasteiger charge is -2.38. The van der Waals surface area contributed by atoms with E-state index in [0.717, 1.165) is 75.1 Å². The minimum absolute atomic E-state index is 0.197. The number of aromatic nitrogens is 5. The van der Waals surface area contributed by atoms with E-state index in [-0.39, 0.29) is 12.0 Å². The second kappa shape index (κ2) is 9.05. The molecule has 1 aromatic carbocycles. The Hall–Kier alpha value is -3.17. The maximum atomic E-state index is 13.4. The largest absolute Gasteiger partial charge is 0.416 e. The van der Waals surface area contributed by atoms with Crippen LogP contribution in [0.1, 0.15) is 60.7 Å². The second-order valence-electron chi connectivity index (χ2n) is 10.4. The molecule has 1 saturated carbocycles. The molecule has 2 aromatic heterocycles. The van der Waals surface area contributed by atoms with E-state index in [9.17, 15) is 13.2 Å². The van der Waals surface area contributed by atoms with Crippen LogP contribution in [0, 0.1) is 18.8 Å². The second-order valence-corrected chi connectivity index (χ2v) is 10.4. The highest BCUT2D eigenvalue weighted by atomic mass is 19.4. The van der Waals surface area contributed by atoms with Gasteiger partial charge in [-0.05, 0) is 56.1 Å². The molecule has 1 unspecified atom stereocenters. The number of piperidine rings is 1. The van der Waals surface area contributed by atoms with Crippen molar-refractivity contribution < 1.29 is 13.2 Å². The van der Waals surface area contributed by atoms with Crippen molar-refractivity contribution in [2.75, 3.05) is 23.3 Å². The molecular formula is C26H30F3N7. The number of hydrogen-bond acceptors (Lipinski definition) is 6. The molecule has 10 heteroatoms. The van der Waals surface area contributed by atoms with Gasteiger partial charge in [0.1, 0.15) is 18.0 Å². The normalized spacial score (nSPS) is 25.9. The first-order valence-corrected chi connectivity index (χ1v) is 12.8. The van der Waals surface area contributed by atoms with Gasteiger partial charge in [-0.15, -0.1) is 5.10 Å². The molecule has 2 bridgehead atoms. The van der Waals surface area contributed by atoms with Crippen LogP contribution in [-0.4, -0.2) is 43.9 Å². The number of anilines is 2. The van der Waals surface area contributed by atoms with E-state index in [0.29, 0.717) is 23.3 Å². The van der Waals surface area contributed by atoms with Gasteiger partial charge in [0.2, 0.25) is 5.95 Å². The number of fused-ring (bicyclic) bond motifs is 3. The summed E-state index contributed by atoms with van der Waals surface area (Å²) >= 11 is 0. The first-order valence-electron chi connectivity index (χ1n) is 12.8. The highest BCUT2D eigenvalue weighted by Gasteiger charge is 2.43. The van der Waals surface area contributed by atoms with E-state index in [1.807, 2.05) is 17.7 Å². The standard InChI is InChI=1S/C26H30F3N7/c1-16-11-22(31-15-30-16)35-13-18-8-9-19(14-35)23(18)32-25-33-24-21(7-2-3-10-36(24)34-25)17-5-4-6-20(12-17)26(27,28)29/h4-6,11-12,15,18-19,21,23H,2-3,7-10,13-14H2,1H3,(H,32,34)/t18-,19?,21-,23-/m0/s1. The van der Waals surface area contributed by atoms with Crippen molar-refractivity contribution in [3.63, 3.8) is 0 Å². The highest BCUT2D eigenvalue weighted by Crippen LogP contribution is 2.40. The average molecular weight is 498 g/mol. The molecule has 36 heavy (non-hydrogen) atoms. The molecule has 0 spiro atoms. The Morgan fingerprint density at radius 2 is 1.81 bits per heavy atom. The van der Waals surface area contributed by atoms with Crippen LogP contribution >= 0.6 is 0 Å². The van der Waals surface area contributed by atoms with Gasteiger partial charge < -0.3 is 10.2 Å². The van der Waals surface area contributed by atoms with Crippen LogP contribution in [0.3, 0.4) is 0 Å². The summed E-state index contributed by atoms with van der Waals surface area (Å²) in [6, 6.07) is 7.99. The first kappa shape index (κ1) is 23.2. The van der Waals surface area contributed by atoms with Crippen LogP contribution < -0.4 is 10.2 Å². The summed E-state index contributed by atoms with van der Waals surface area (Å²) in [4.78, 5) is 15.9. The molecule has 4 atom stereocenters. The number of benzene rings is 1. The number of alkyl halides is 3. The van der Waals surface area contributed by atoms with Crippen LogP contribution in [0.5, 0.6) is 0 Å². The Bertz CT molecular complexity index is 1230. The smallest absolute Gasteiger partial charge is 0.356 e. The molecular weight excluding hydrogens is 467 g/mol. The van der Waals surface area contributed by atoms with E-state index in [4.69, 9.17) is 10.1 Å². The van der Waals surface area contributed by atoms with Crippen LogP contribution in [0.15, 0.2) is 36.7 Å². The Morgan fingerprint density at radius 3 is 2.56 bits per heavy atom. The molecule has 0 amide bonds. The summed E-state index contributed by atoms with van der Waals surface area (Å²) in [5.41, 5.74) is 1.00. The first-order chi connectivity index (χ1) is 17.3. The molecule has 1 saturated heterocycles. The van der Waals surface area contributed by atoms with Gasteiger partial charge in [0.05, 0.1) is 5.56 Å². The fraction of sp³-hybridized carbons (Fsp3) is 0.538. The van der Waals surface area contributed by atoms with Crippen LogP contribution in [-0.2, 0) is 12.7 Å². The molecule has 7 nitrogen and oxygen atoms in total. The van der Waals surface area contributed by atoms with Crippen molar-refractivity contribution in [2.24, 2.45) is 11.8 Å². The van der Waals surface area contributed by atoms with Gasteiger partial charge in [-0.3, -0.25) is 0 Å². The zero-order chi connectivity index (χ0) is 24.9. The molecule has 6 rings (SSSR count). The molecule has 2 fully saturated rings. The molecule has 1 N–H and O–H groups in total. The maximum absolute atomic E-state index is 13.4. The molecule has 1 aliphatic carbocycles. The third kappa shape index (κ3) is 4.41. The van der Waals surface area contributed by atoms with Crippen molar-refractivity contribution in [2.45, 2.75) is 63.7 Å². The van der Waals surface area contributed by atoms with Gasteiger partial charge in [-0.1, -0.05) is 24.6 Å². The van der Waals surface area contributed by atoms with Gasteiger partial charge in [-0.2, -0.15) is 18.2 Å². The summed E-state index contributed by atoms with van der Waals surface area (Å²) < 4.78 is 42.0. The zero-order valence-electron chi connectivity index (χ0n) is 20.2. The van der Waals surface area contributed by atoms with Crippen molar-refractivity contribution in [1.29, 1.82) is 0 Å². The van der Waals surface area contributed by atoms with Crippen LogP contribution in [0.25, 0.3) is 0 Å². The Kier molecular flexibility index (Phi) is 5.84. The Balaban J connectivity index is 1.22. The lowest BCUT2D eigenvalue weighted by Crippen LogP contribution is -2.48. The monoisotopic (exact) mass is 497 g/mol. The van der Waals surface area contributed by atoms with Crippen molar-refractivity contribution in [3.8, 4) is 0 Å². The minimum Gasteiger partial charge on any atom is -0.356 e. The number of aryl methyl sites for hydroxylation is 2. The predicted molar refractivity (Wildman–Crippen MR) is 130 cm³/mol. The third-order valence-corrected chi connectivity index (χ3v) is 7.98. The van der Waals surface area contributed by atoms with Crippen molar-refractivity contribution in [3.05, 3.63) is 59.3 Å². The quantitative estimate of drug-likeness (QED) is 0.545. The number of halogens is 3. The SMILES string of the molecule is Cc1cc(N2CC3CC[C@@H](C2)[C@@H]3Nc2nc3n(n2)CCCC[C@H]3c2cccc(C(F)(F)F)c2)ncn1. The lowest BCUT2D eigenvalue weighted by atomic mass is 9.92. The van der Waals surface area contributed by atoms with E-state index in [2.05, 4.69) is 20.2 Å². The average Bonchev–Trinajstić information content (AvgIpc) is 3.25. The fourth-order valence-electron chi connectivity index (χ4n) is 6.23. The molecule has 3 aliphatic rings. The van der Waals surface area contributed by atoms with Gasteiger partial charge in [0.25, 0.3) is 0 Å². The Morgan fingerprint density at radius 1 is 1.00 bits per heavy atom. The number of hydrogen-bond donors (Lipinski definition) is 1. The molecule has 0 radical (unpaired) electrons. The molecule has 2 aliphatic heterocycles. The minimum atomic E-state index is -4.36. The van der Waals surface area contributed by atoms with Gasteiger partial charge in [0.15, 0.2) is 0 Å². The summed E-state index contributed by atoms with van der Waals surface area (Å²) in [5, 5.41) is 8.40. The van der Waals surface area contributed by atoms with E-state index >= 15 is 0 Å². The molecule has 4 heterocycles. The zero-order valence-corrected chi connectivity index (χ0v) is 20.2. The van der Waals surface area contributed by atoms with Gasteiger partial charge >= 0.3 is 6.18 Å². The van der Waals surface area contributed by atoms with E-state index in [1.165, 1.54) is 12.1 Å². The van der Waals surface area contributed by atoms with Crippen molar-refractivity contribution in [1.82, 2.24) is 24.7 Å². The topological polar surface area (TPSA) is 71.8 Å². The number of nitrogens with one attached hydrogen (secondary N) is 1. The summed E-state index contributed by atoms with van der Waals surface area (Å²) in [6.45, 7) is 4.56. The number of nitrogens with zero attached hydrogens (tertiary/aromatic N) is 6. The van der Waals surface area contributed by atoms with E-state index < -0.39 is 11.7 Å². The number of rotatable bonds is 4. The lowest BCUT2D eigenvalue weighted by molar-refractivity contribution is -0.137. The summed E-state index contributed by atoms with van der Waals surface area (Å²) in [5.74, 6) is 3.06. The third-order valence-electron chi connectivity index (χ3n) is 7.98. The Labute approximate surface area is 208 Å². The molecule has 3 aromatic rings. The van der Waals surface area contributed by atoms with Crippen LogP contribution in [0.4, 0.5) is 24.9 Å². The predicted octanol–water partition coefficient (Wildman–Crippen LogP) is 5.04. The van der Waals surface area contributed by atoms with Crippen molar-refractivity contribution >= 4 is 11.8 Å².